The summed E-state index contributed by atoms with van der Waals surface area (Å²) in [6.07, 6.45) is -2.06. The van der Waals surface area contributed by atoms with Gasteiger partial charge in [-0.3, -0.25) is 4.68 Å². The van der Waals surface area contributed by atoms with Crippen LogP contribution in [0.5, 0.6) is 0 Å². The minimum absolute atomic E-state index is 0.000430. The molecule has 0 spiro atoms. The first-order valence-corrected chi connectivity index (χ1v) is 10.5. The predicted octanol–water partition coefficient (Wildman–Crippen LogP) is 3.21. The zero-order valence-electron chi connectivity index (χ0n) is 15.0. The molecular formula is C18H22F3N3O2S. The zero-order valence-corrected chi connectivity index (χ0v) is 15.8. The largest absolute Gasteiger partial charge is 0.435 e. The molecule has 5 nitrogen and oxygen atoms in total. The van der Waals surface area contributed by atoms with Crippen LogP contribution in [0.15, 0.2) is 24.3 Å². The summed E-state index contributed by atoms with van der Waals surface area (Å²) in [6, 6.07) is 7.18. The van der Waals surface area contributed by atoms with Gasteiger partial charge in [-0.1, -0.05) is 29.8 Å². The van der Waals surface area contributed by atoms with Crippen molar-refractivity contribution in [2.75, 3.05) is 6.54 Å². The molecule has 0 bridgehead atoms. The Morgan fingerprint density at radius 2 is 1.96 bits per heavy atom. The minimum Gasteiger partial charge on any atom is -0.267 e. The van der Waals surface area contributed by atoms with E-state index in [0.29, 0.717) is 30.5 Å². The van der Waals surface area contributed by atoms with E-state index in [1.165, 1.54) is 4.68 Å². The summed E-state index contributed by atoms with van der Waals surface area (Å²) in [7, 11) is -3.58. The van der Waals surface area contributed by atoms with Crippen LogP contribution in [0.4, 0.5) is 13.2 Å². The van der Waals surface area contributed by atoms with Crippen molar-refractivity contribution in [2.24, 2.45) is 0 Å². The number of alkyl halides is 3. The maximum atomic E-state index is 13.2. The molecule has 1 aliphatic carbocycles. The molecule has 1 N–H and O–H groups in total. The summed E-state index contributed by atoms with van der Waals surface area (Å²) in [5.41, 5.74) is 1.63. The van der Waals surface area contributed by atoms with Crippen LogP contribution in [0.25, 0.3) is 0 Å². The van der Waals surface area contributed by atoms with E-state index in [9.17, 15) is 21.6 Å². The van der Waals surface area contributed by atoms with Gasteiger partial charge in [0.15, 0.2) is 5.69 Å². The Bertz CT molecular complexity index is 920. The van der Waals surface area contributed by atoms with Gasteiger partial charge < -0.3 is 0 Å². The van der Waals surface area contributed by atoms with Crippen molar-refractivity contribution in [1.82, 2.24) is 14.5 Å². The van der Waals surface area contributed by atoms with Crippen LogP contribution >= 0.6 is 0 Å². The van der Waals surface area contributed by atoms with E-state index in [-0.39, 0.29) is 24.4 Å². The number of halogens is 3. The van der Waals surface area contributed by atoms with Gasteiger partial charge in [0.2, 0.25) is 10.0 Å². The Labute approximate surface area is 156 Å². The molecule has 27 heavy (non-hydrogen) atoms. The van der Waals surface area contributed by atoms with E-state index in [2.05, 4.69) is 9.82 Å². The SMILES string of the molecule is Cc1cccc(CS(=O)(=O)NCCn2nc(C(F)(F)F)c3c2CCCC3)c1. The lowest BCUT2D eigenvalue weighted by molar-refractivity contribution is -0.142. The van der Waals surface area contributed by atoms with Crippen molar-refractivity contribution >= 4 is 10.0 Å². The summed E-state index contributed by atoms with van der Waals surface area (Å²) in [4.78, 5) is 0. The van der Waals surface area contributed by atoms with Crippen molar-refractivity contribution in [1.29, 1.82) is 0 Å². The van der Waals surface area contributed by atoms with Crippen molar-refractivity contribution in [3.05, 3.63) is 52.3 Å². The van der Waals surface area contributed by atoms with Crippen LogP contribution in [0.3, 0.4) is 0 Å². The zero-order chi connectivity index (χ0) is 19.7. The van der Waals surface area contributed by atoms with Crippen LogP contribution in [-0.4, -0.2) is 24.7 Å². The second-order valence-electron chi connectivity index (χ2n) is 6.84. The monoisotopic (exact) mass is 401 g/mol. The molecule has 0 fully saturated rings. The number of fused-ring (bicyclic) bond motifs is 1. The van der Waals surface area contributed by atoms with Crippen LogP contribution in [0.1, 0.15) is 40.9 Å². The number of hydrogen-bond acceptors (Lipinski definition) is 3. The van der Waals surface area contributed by atoms with E-state index in [1.807, 2.05) is 13.0 Å². The topological polar surface area (TPSA) is 64.0 Å². The van der Waals surface area contributed by atoms with Gasteiger partial charge in [-0.15, -0.1) is 0 Å². The summed E-state index contributed by atoms with van der Waals surface area (Å²) >= 11 is 0. The van der Waals surface area contributed by atoms with Crippen molar-refractivity contribution in [3.63, 3.8) is 0 Å². The van der Waals surface area contributed by atoms with Gasteiger partial charge in [-0.25, -0.2) is 13.1 Å². The number of hydrogen-bond donors (Lipinski definition) is 1. The summed E-state index contributed by atoms with van der Waals surface area (Å²) < 4.78 is 67.8. The molecule has 148 valence electrons. The van der Waals surface area contributed by atoms with E-state index >= 15 is 0 Å². The molecule has 0 radical (unpaired) electrons. The van der Waals surface area contributed by atoms with Gasteiger partial charge in [-0.05, 0) is 38.2 Å². The highest BCUT2D eigenvalue weighted by Gasteiger charge is 2.39. The number of nitrogens with one attached hydrogen (secondary N) is 1. The number of sulfonamides is 1. The minimum atomic E-state index is -4.49. The molecule has 2 aromatic rings. The number of aryl methyl sites for hydroxylation is 1. The fraction of sp³-hybridized carbons (Fsp3) is 0.500. The molecule has 0 aliphatic heterocycles. The third-order valence-corrected chi connectivity index (χ3v) is 5.97. The van der Waals surface area contributed by atoms with Crippen LogP contribution in [0, 0.1) is 6.92 Å². The maximum absolute atomic E-state index is 13.2. The van der Waals surface area contributed by atoms with Crippen molar-refractivity contribution in [3.8, 4) is 0 Å². The standard InChI is InChI=1S/C18H22F3N3O2S/c1-13-5-4-6-14(11-13)12-27(25,26)22-9-10-24-16-8-3-2-7-15(16)17(23-24)18(19,20)21/h4-6,11,22H,2-3,7-10,12H2,1H3. The Morgan fingerprint density at radius 1 is 1.22 bits per heavy atom. The highest BCUT2D eigenvalue weighted by molar-refractivity contribution is 7.88. The summed E-state index contributed by atoms with van der Waals surface area (Å²) in [5, 5.41) is 3.74. The Hall–Kier alpha value is -1.87. The van der Waals surface area contributed by atoms with E-state index < -0.39 is 21.9 Å². The average molecular weight is 401 g/mol. The summed E-state index contributed by atoms with van der Waals surface area (Å²) in [5.74, 6) is -0.167. The first kappa shape index (κ1) is 19.9. The summed E-state index contributed by atoms with van der Waals surface area (Å²) in [6.45, 7) is 1.95. The normalized spacial score (nSPS) is 15.0. The van der Waals surface area contributed by atoms with Gasteiger partial charge >= 0.3 is 6.18 Å². The molecule has 1 aromatic heterocycles. The molecule has 0 saturated carbocycles. The second kappa shape index (κ2) is 7.63. The van der Waals surface area contributed by atoms with E-state index in [1.54, 1.807) is 18.2 Å². The molecule has 1 heterocycles. The van der Waals surface area contributed by atoms with Gasteiger partial charge in [0.25, 0.3) is 0 Å². The molecule has 9 heteroatoms. The fourth-order valence-electron chi connectivity index (χ4n) is 3.46. The molecule has 0 saturated heterocycles. The predicted molar refractivity (Wildman–Crippen MR) is 95.7 cm³/mol. The Balaban J connectivity index is 1.67. The molecule has 1 aromatic carbocycles. The van der Waals surface area contributed by atoms with E-state index in [4.69, 9.17) is 0 Å². The van der Waals surface area contributed by atoms with Crippen molar-refractivity contribution < 1.29 is 21.6 Å². The maximum Gasteiger partial charge on any atom is 0.435 e. The third kappa shape index (κ3) is 4.90. The van der Waals surface area contributed by atoms with Gasteiger partial charge in [0.1, 0.15) is 0 Å². The molecule has 3 rings (SSSR count). The third-order valence-electron chi connectivity index (χ3n) is 4.61. The number of aromatic nitrogens is 2. The lowest BCUT2D eigenvalue weighted by Crippen LogP contribution is -2.29. The molecular weight excluding hydrogens is 379 g/mol. The number of rotatable bonds is 6. The number of nitrogens with zero attached hydrogens (tertiary/aromatic N) is 2. The number of benzene rings is 1. The molecule has 0 unspecified atom stereocenters. The lowest BCUT2D eigenvalue weighted by Gasteiger charge is -2.15. The quantitative estimate of drug-likeness (QED) is 0.809. The highest BCUT2D eigenvalue weighted by Crippen LogP contribution is 2.35. The fourth-order valence-corrected chi connectivity index (χ4v) is 4.59. The Morgan fingerprint density at radius 3 is 2.67 bits per heavy atom. The van der Waals surface area contributed by atoms with Gasteiger partial charge in [0, 0.05) is 17.8 Å². The molecule has 1 aliphatic rings. The van der Waals surface area contributed by atoms with Crippen molar-refractivity contribution in [2.45, 2.75) is 51.1 Å². The Kier molecular flexibility index (Phi) is 5.62. The molecule has 0 amide bonds. The van der Waals surface area contributed by atoms with Gasteiger partial charge in [0.05, 0.1) is 12.3 Å². The highest BCUT2D eigenvalue weighted by atomic mass is 32.2. The van der Waals surface area contributed by atoms with Gasteiger partial charge in [-0.2, -0.15) is 18.3 Å². The smallest absolute Gasteiger partial charge is 0.267 e. The van der Waals surface area contributed by atoms with E-state index in [0.717, 1.165) is 12.0 Å². The first-order valence-electron chi connectivity index (χ1n) is 8.84. The van der Waals surface area contributed by atoms with Crippen LogP contribution in [0.2, 0.25) is 0 Å². The second-order valence-corrected chi connectivity index (χ2v) is 8.65. The van der Waals surface area contributed by atoms with Crippen LogP contribution in [-0.2, 0) is 41.3 Å². The van der Waals surface area contributed by atoms with Crippen LogP contribution < -0.4 is 4.72 Å². The first-order chi connectivity index (χ1) is 12.7. The average Bonchev–Trinajstić information content (AvgIpc) is 2.93. The molecule has 0 atom stereocenters. The lowest BCUT2D eigenvalue weighted by atomic mass is 9.95.